The summed E-state index contributed by atoms with van der Waals surface area (Å²) in [5.74, 6) is -3.14. The number of ketones is 1. The molecule has 1 amide bonds. The van der Waals surface area contributed by atoms with Gasteiger partial charge in [0.05, 0.1) is 0 Å². The lowest BCUT2D eigenvalue weighted by atomic mass is 9.97. The molecule has 0 aliphatic heterocycles. The van der Waals surface area contributed by atoms with Crippen molar-refractivity contribution in [2.75, 3.05) is 0 Å². The number of nitrogens with one attached hydrogen (secondary N) is 1. The molecule has 33 heavy (non-hydrogen) atoms. The number of aliphatic hydroxyl groups is 1. The van der Waals surface area contributed by atoms with Crippen LogP contribution >= 0.6 is 11.6 Å². The molecule has 10 heteroatoms. The molecule has 2 rings (SSSR count). The Morgan fingerprint density at radius 2 is 1.85 bits per heavy atom. The van der Waals surface area contributed by atoms with Crippen LogP contribution in [0.15, 0.2) is 54.2 Å². The highest BCUT2D eigenvalue weighted by Gasteiger charge is 2.23. The van der Waals surface area contributed by atoms with E-state index in [4.69, 9.17) is 27.9 Å². The first kappa shape index (κ1) is 25.7. The predicted molar refractivity (Wildman–Crippen MR) is 121 cm³/mol. The second kappa shape index (κ2) is 11.3. The average molecular weight is 477 g/mol. The van der Waals surface area contributed by atoms with E-state index in [0.717, 1.165) is 6.08 Å². The van der Waals surface area contributed by atoms with Gasteiger partial charge in [0.15, 0.2) is 6.10 Å². The lowest BCUT2D eigenvalue weighted by molar-refractivity contribution is -0.147. The van der Waals surface area contributed by atoms with Gasteiger partial charge in [0.25, 0.3) is 5.91 Å². The number of amides is 1. The first-order valence-corrected chi connectivity index (χ1v) is 10.2. The molecule has 0 aromatic heterocycles. The van der Waals surface area contributed by atoms with Crippen LogP contribution in [-0.4, -0.2) is 45.7 Å². The minimum absolute atomic E-state index is 0.146. The number of halogens is 2. The number of allylic oxidation sites excluding steroid dienone is 1. The van der Waals surface area contributed by atoms with Crippen molar-refractivity contribution in [3.8, 4) is 11.1 Å². The SMILES string of the molecule is CC(=O)C(=[NH2+])C=C(N)C(=O)N[C@H](Cc1ccc(-c2cc(Cl)ccc2F)cc1)C[C@@H](O)C(=O)O. The van der Waals surface area contributed by atoms with E-state index in [1.165, 1.54) is 25.1 Å². The minimum Gasteiger partial charge on any atom is -0.479 e. The van der Waals surface area contributed by atoms with Gasteiger partial charge in [-0.15, -0.1) is 0 Å². The van der Waals surface area contributed by atoms with Gasteiger partial charge >= 0.3 is 5.97 Å². The minimum atomic E-state index is -1.73. The van der Waals surface area contributed by atoms with Crippen LogP contribution in [0.2, 0.25) is 5.02 Å². The summed E-state index contributed by atoms with van der Waals surface area (Å²) in [6.45, 7) is 1.21. The Balaban J connectivity index is 2.21. The van der Waals surface area contributed by atoms with Crippen molar-refractivity contribution in [3.05, 3.63) is 70.6 Å². The van der Waals surface area contributed by atoms with E-state index in [2.05, 4.69) is 5.32 Å². The molecule has 2 atom stereocenters. The molecule has 0 saturated carbocycles. The molecule has 174 valence electrons. The monoisotopic (exact) mass is 476 g/mol. The summed E-state index contributed by atoms with van der Waals surface area (Å²) in [6, 6.07) is 10.1. The van der Waals surface area contributed by atoms with Gasteiger partial charge in [-0.3, -0.25) is 15.0 Å². The number of hydrogen-bond acceptors (Lipinski definition) is 5. The van der Waals surface area contributed by atoms with Gasteiger partial charge in [0, 0.05) is 36.0 Å². The molecule has 0 aliphatic carbocycles. The van der Waals surface area contributed by atoms with Gasteiger partial charge in [-0.05, 0) is 35.7 Å². The summed E-state index contributed by atoms with van der Waals surface area (Å²) in [6.07, 6.45) is -0.871. The van der Waals surface area contributed by atoms with Crippen molar-refractivity contribution in [3.63, 3.8) is 0 Å². The van der Waals surface area contributed by atoms with Crippen LogP contribution in [0.3, 0.4) is 0 Å². The number of carboxylic acid groups (broad SMARTS) is 1. The summed E-state index contributed by atoms with van der Waals surface area (Å²) >= 11 is 5.94. The molecule has 0 fully saturated rings. The topological polar surface area (TPSA) is 155 Å². The highest BCUT2D eigenvalue weighted by Crippen LogP contribution is 2.26. The largest absolute Gasteiger partial charge is 0.479 e. The van der Waals surface area contributed by atoms with Gasteiger partial charge in [0.1, 0.15) is 11.5 Å². The second-order valence-electron chi connectivity index (χ2n) is 7.40. The van der Waals surface area contributed by atoms with Crippen molar-refractivity contribution < 1.29 is 34.4 Å². The Labute approximate surface area is 194 Å². The molecule has 0 heterocycles. The number of aliphatic hydroxyl groups excluding tert-OH is 1. The van der Waals surface area contributed by atoms with E-state index in [-0.39, 0.29) is 24.3 Å². The molecule has 0 spiro atoms. The summed E-state index contributed by atoms with van der Waals surface area (Å²) in [5.41, 5.74) is 6.69. The fraction of sp³-hybridized carbons (Fsp3) is 0.217. The highest BCUT2D eigenvalue weighted by atomic mass is 35.5. The number of hydrogen-bond donors (Lipinski definition) is 5. The quantitative estimate of drug-likeness (QED) is 0.250. The summed E-state index contributed by atoms with van der Waals surface area (Å²) < 4.78 is 14.1. The van der Waals surface area contributed by atoms with Crippen molar-refractivity contribution in [2.24, 2.45) is 5.73 Å². The van der Waals surface area contributed by atoms with E-state index in [0.29, 0.717) is 21.7 Å². The third-order valence-electron chi connectivity index (χ3n) is 4.78. The van der Waals surface area contributed by atoms with Crippen molar-refractivity contribution in [1.82, 2.24) is 5.32 Å². The van der Waals surface area contributed by atoms with Crippen molar-refractivity contribution in [1.29, 1.82) is 0 Å². The zero-order valence-electron chi connectivity index (χ0n) is 17.7. The maximum atomic E-state index is 14.1. The van der Waals surface area contributed by atoms with Crippen molar-refractivity contribution >= 4 is 35.0 Å². The Bertz CT molecular complexity index is 1100. The number of carboxylic acids is 1. The third-order valence-corrected chi connectivity index (χ3v) is 5.02. The smallest absolute Gasteiger partial charge is 0.332 e. The van der Waals surface area contributed by atoms with E-state index in [9.17, 15) is 23.9 Å². The lowest BCUT2D eigenvalue weighted by Gasteiger charge is -2.20. The molecule has 2 aromatic rings. The third kappa shape index (κ3) is 7.51. The number of nitrogens with two attached hydrogens (primary N) is 2. The Morgan fingerprint density at radius 1 is 1.21 bits per heavy atom. The zero-order chi connectivity index (χ0) is 24.7. The van der Waals surface area contributed by atoms with E-state index >= 15 is 0 Å². The zero-order valence-corrected chi connectivity index (χ0v) is 18.5. The Kier molecular flexibility index (Phi) is 8.84. The summed E-state index contributed by atoms with van der Waals surface area (Å²) in [4.78, 5) is 34.7. The summed E-state index contributed by atoms with van der Waals surface area (Å²) in [5, 5.41) is 27.2. The molecule has 0 unspecified atom stereocenters. The van der Waals surface area contributed by atoms with Crippen LogP contribution in [0, 0.1) is 5.82 Å². The molecule has 8 nitrogen and oxygen atoms in total. The van der Waals surface area contributed by atoms with E-state index < -0.39 is 35.6 Å². The molecule has 0 saturated heterocycles. The van der Waals surface area contributed by atoms with Crippen molar-refractivity contribution in [2.45, 2.75) is 31.9 Å². The molecule has 0 aliphatic rings. The first-order chi connectivity index (χ1) is 15.5. The second-order valence-corrected chi connectivity index (χ2v) is 7.83. The van der Waals surface area contributed by atoms with Gasteiger partial charge in [-0.2, -0.15) is 0 Å². The summed E-state index contributed by atoms with van der Waals surface area (Å²) in [7, 11) is 0. The Morgan fingerprint density at radius 3 is 2.42 bits per heavy atom. The highest BCUT2D eigenvalue weighted by molar-refractivity contribution is 6.41. The normalized spacial score (nSPS) is 13.2. The molecule has 0 radical (unpaired) electrons. The fourth-order valence-corrected chi connectivity index (χ4v) is 3.16. The maximum Gasteiger partial charge on any atom is 0.332 e. The molecule has 0 bridgehead atoms. The lowest BCUT2D eigenvalue weighted by Crippen LogP contribution is -2.45. The molecular weight excluding hydrogens is 453 g/mol. The number of benzene rings is 2. The van der Waals surface area contributed by atoms with Gasteiger partial charge < -0.3 is 21.3 Å². The fourth-order valence-electron chi connectivity index (χ4n) is 2.99. The predicted octanol–water partition coefficient (Wildman–Crippen LogP) is 0.641. The molecule has 2 aromatic carbocycles. The van der Waals surface area contributed by atoms with Crippen LogP contribution in [0.4, 0.5) is 4.39 Å². The van der Waals surface area contributed by atoms with Crippen LogP contribution in [0.5, 0.6) is 0 Å². The van der Waals surface area contributed by atoms with Crippen LogP contribution < -0.4 is 16.5 Å². The van der Waals surface area contributed by atoms with Crippen LogP contribution in [0.1, 0.15) is 18.9 Å². The van der Waals surface area contributed by atoms with E-state index in [1.54, 1.807) is 24.3 Å². The number of Topliss-reactive ketones (excluding diaryl/α,β-unsaturated/α-hetero) is 1. The first-order valence-electron chi connectivity index (χ1n) is 9.84. The average Bonchev–Trinajstić information content (AvgIpc) is 2.75. The number of rotatable bonds is 10. The number of aliphatic carboxylic acids is 1. The molecule has 7 N–H and O–H groups in total. The van der Waals surface area contributed by atoms with Gasteiger partial charge in [-0.1, -0.05) is 35.9 Å². The maximum absolute atomic E-state index is 14.1. The molecular formula is C23H24ClFN3O5+. The van der Waals surface area contributed by atoms with Gasteiger partial charge in [0.2, 0.25) is 11.5 Å². The van der Waals surface area contributed by atoms with E-state index in [1.807, 2.05) is 0 Å². The number of carbonyl (C=O) groups is 3. The van der Waals surface area contributed by atoms with Crippen LogP contribution in [-0.2, 0) is 20.8 Å². The van der Waals surface area contributed by atoms with Crippen LogP contribution in [0.25, 0.3) is 11.1 Å². The standard InChI is InChI=1S/C23H23ClFN3O5/c1-12(29)19(26)11-20(27)22(31)28-16(10-21(30)23(32)33)8-13-2-4-14(5-3-13)17-9-15(24)6-7-18(17)25/h2-7,9,11,16,21,26,30H,8,10,27H2,1H3,(H,28,31)(H,32,33)/p+1/t16-,21-/m1/s1. The number of carbonyl (C=O) groups excluding carboxylic acids is 2. The Hall–Kier alpha value is -3.56. The van der Waals surface area contributed by atoms with Gasteiger partial charge in [-0.25, -0.2) is 9.18 Å².